The molecule has 0 bridgehead atoms. The van der Waals surface area contributed by atoms with Crippen molar-refractivity contribution in [1.82, 2.24) is 0 Å². The van der Waals surface area contributed by atoms with Crippen LogP contribution in [0.2, 0.25) is 0 Å². The molecule has 0 amide bonds. The Labute approximate surface area is 106 Å². The van der Waals surface area contributed by atoms with Gasteiger partial charge in [0, 0.05) is 6.08 Å². The van der Waals surface area contributed by atoms with Crippen molar-refractivity contribution in [3.63, 3.8) is 0 Å². The van der Waals surface area contributed by atoms with Gasteiger partial charge in [-0.1, -0.05) is 19.4 Å². The van der Waals surface area contributed by atoms with Crippen molar-refractivity contribution in [2.24, 2.45) is 0 Å². The van der Waals surface area contributed by atoms with E-state index in [0.29, 0.717) is 0 Å². The van der Waals surface area contributed by atoms with Crippen molar-refractivity contribution in [2.45, 2.75) is 39.2 Å². The van der Waals surface area contributed by atoms with Crippen LogP contribution in [0, 0.1) is 0 Å². The molecule has 0 aliphatic rings. The molecule has 0 atom stereocenters. The molecule has 0 heterocycles. The van der Waals surface area contributed by atoms with Gasteiger partial charge in [0.05, 0.1) is 0 Å². The Kier molecular flexibility index (Phi) is 7.98. The highest BCUT2D eigenvalue weighted by Gasteiger charge is 2.30. The summed E-state index contributed by atoms with van der Waals surface area (Å²) >= 11 is 0. The molecule has 0 spiro atoms. The van der Waals surface area contributed by atoms with Crippen LogP contribution in [0.25, 0.3) is 0 Å². The summed E-state index contributed by atoms with van der Waals surface area (Å²) in [5, 5.41) is 8.43. The molecule has 0 aliphatic heterocycles. The second-order valence-corrected chi connectivity index (χ2v) is 4.10. The Bertz CT molecular complexity index is 295. The maximum atomic E-state index is 11.3. The lowest BCUT2D eigenvalue weighted by Gasteiger charge is -2.18. The lowest BCUT2D eigenvalue weighted by atomic mass is 10.1. The van der Waals surface area contributed by atoms with E-state index in [1.807, 2.05) is 6.92 Å². The fraction of sp³-hybridized carbons (Fsp3) is 0.667. The quantitative estimate of drug-likeness (QED) is 0.235. The van der Waals surface area contributed by atoms with Crippen molar-refractivity contribution in [3.05, 3.63) is 12.2 Å². The van der Waals surface area contributed by atoms with Crippen molar-refractivity contribution in [2.75, 3.05) is 13.2 Å². The zero-order valence-electron chi connectivity index (χ0n) is 11.0. The van der Waals surface area contributed by atoms with Crippen LogP contribution < -0.4 is 0 Å². The van der Waals surface area contributed by atoms with Gasteiger partial charge < -0.3 is 9.47 Å². The number of ether oxygens (including phenoxy) is 2. The summed E-state index contributed by atoms with van der Waals surface area (Å²) < 4.78 is 9.53. The maximum absolute atomic E-state index is 11.3. The summed E-state index contributed by atoms with van der Waals surface area (Å²) in [5.74, 6) is -1.21. The smallest absolute Gasteiger partial charge is 0.341 e. The summed E-state index contributed by atoms with van der Waals surface area (Å²) in [6, 6.07) is 0. The fourth-order valence-electron chi connectivity index (χ4n) is 0.882. The van der Waals surface area contributed by atoms with Crippen molar-refractivity contribution in [3.8, 4) is 0 Å². The third kappa shape index (κ3) is 7.03. The molecule has 0 saturated heterocycles. The molecule has 0 aromatic carbocycles. The van der Waals surface area contributed by atoms with Crippen LogP contribution in [0.4, 0.5) is 0 Å². The van der Waals surface area contributed by atoms with E-state index >= 15 is 0 Å². The van der Waals surface area contributed by atoms with Crippen LogP contribution in [-0.2, 0) is 24.0 Å². The van der Waals surface area contributed by atoms with Crippen LogP contribution in [0.5, 0.6) is 0 Å². The van der Waals surface area contributed by atoms with Crippen molar-refractivity contribution in [1.29, 1.82) is 0 Å². The monoisotopic (exact) mass is 260 g/mol. The summed E-state index contributed by atoms with van der Waals surface area (Å²) in [6.07, 6.45) is 4.83. The van der Waals surface area contributed by atoms with Gasteiger partial charge >= 0.3 is 11.9 Å². The minimum atomic E-state index is -1.43. The normalized spacial score (nSPS) is 11.6. The van der Waals surface area contributed by atoms with Gasteiger partial charge in [-0.3, -0.25) is 5.26 Å². The summed E-state index contributed by atoms with van der Waals surface area (Å²) in [5.41, 5.74) is -1.43. The number of hydrogen-bond donors (Lipinski definition) is 1. The molecule has 0 aromatic heterocycles. The molecular formula is C12H20O6. The Morgan fingerprint density at radius 2 is 1.83 bits per heavy atom. The molecule has 6 nitrogen and oxygen atoms in total. The summed E-state index contributed by atoms with van der Waals surface area (Å²) in [4.78, 5) is 26.3. The highest BCUT2D eigenvalue weighted by molar-refractivity contribution is 5.82. The first-order chi connectivity index (χ1) is 8.44. The van der Waals surface area contributed by atoms with E-state index in [2.05, 4.69) is 4.89 Å². The van der Waals surface area contributed by atoms with Crippen LogP contribution in [-0.4, -0.2) is 36.0 Å². The van der Waals surface area contributed by atoms with Crippen LogP contribution in [0.3, 0.4) is 0 Å². The summed E-state index contributed by atoms with van der Waals surface area (Å²) in [6.45, 7) is 4.59. The predicted molar refractivity (Wildman–Crippen MR) is 63.8 cm³/mol. The van der Waals surface area contributed by atoms with Crippen LogP contribution in [0.1, 0.15) is 33.6 Å². The minimum Gasteiger partial charge on any atom is -0.460 e. The van der Waals surface area contributed by atoms with Crippen LogP contribution in [0.15, 0.2) is 12.2 Å². The van der Waals surface area contributed by atoms with E-state index in [1.165, 1.54) is 19.9 Å². The van der Waals surface area contributed by atoms with Gasteiger partial charge in [0.2, 0.25) is 0 Å². The van der Waals surface area contributed by atoms with Gasteiger partial charge in [0.15, 0.2) is 5.60 Å². The third-order valence-corrected chi connectivity index (χ3v) is 1.99. The topological polar surface area (TPSA) is 82.1 Å². The molecule has 0 rings (SSSR count). The largest absolute Gasteiger partial charge is 0.460 e. The Hall–Kier alpha value is -1.40. The number of esters is 2. The Balaban J connectivity index is 3.74. The van der Waals surface area contributed by atoms with E-state index in [1.54, 1.807) is 6.08 Å². The van der Waals surface area contributed by atoms with E-state index < -0.39 is 17.5 Å². The molecule has 0 unspecified atom stereocenters. The number of allylic oxidation sites excluding steroid dienone is 1. The van der Waals surface area contributed by atoms with E-state index in [9.17, 15) is 9.59 Å². The molecule has 104 valence electrons. The molecule has 0 fully saturated rings. The number of carbonyl (C=O) groups excluding carboxylic acids is 2. The highest BCUT2D eigenvalue weighted by atomic mass is 17.1. The second-order valence-electron chi connectivity index (χ2n) is 4.10. The number of hydrogen-bond acceptors (Lipinski definition) is 6. The molecular weight excluding hydrogens is 240 g/mol. The van der Waals surface area contributed by atoms with Crippen molar-refractivity contribution >= 4 is 11.9 Å². The van der Waals surface area contributed by atoms with E-state index in [0.717, 1.165) is 12.8 Å². The first-order valence-corrected chi connectivity index (χ1v) is 5.77. The van der Waals surface area contributed by atoms with Crippen LogP contribution >= 0.6 is 0 Å². The average Bonchev–Trinajstić information content (AvgIpc) is 2.34. The first-order valence-electron chi connectivity index (χ1n) is 5.77. The van der Waals surface area contributed by atoms with Gasteiger partial charge in [0.25, 0.3) is 0 Å². The summed E-state index contributed by atoms with van der Waals surface area (Å²) in [7, 11) is 0. The highest BCUT2D eigenvalue weighted by Crippen LogP contribution is 2.09. The first kappa shape index (κ1) is 16.6. The number of rotatable bonds is 8. The van der Waals surface area contributed by atoms with E-state index in [4.69, 9.17) is 14.7 Å². The molecule has 0 saturated carbocycles. The van der Waals surface area contributed by atoms with Gasteiger partial charge in [0.1, 0.15) is 13.2 Å². The minimum absolute atomic E-state index is 0.0391. The van der Waals surface area contributed by atoms with Gasteiger partial charge in [-0.15, -0.1) is 0 Å². The standard InChI is InChI=1S/C12H20O6/c1-4-5-6-7-10(13)16-8-9-17-11(14)12(2,3)18-15/h6-7,15H,4-5,8-9H2,1-3H3/b7-6+. The molecule has 0 aliphatic carbocycles. The van der Waals surface area contributed by atoms with Gasteiger partial charge in [-0.25, -0.2) is 14.5 Å². The maximum Gasteiger partial charge on any atom is 0.341 e. The zero-order valence-corrected chi connectivity index (χ0v) is 11.0. The molecule has 0 radical (unpaired) electrons. The lowest BCUT2D eigenvalue weighted by molar-refractivity contribution is -0.308. The van der Waals surface area contributed by atoms with Gasteiger partial charge in [-0.05, 0) is 20.3 Å². The van der Waals surface area contributed by atoms with Crippen molar-refractivity contribution < 1.29 is 29.2 Å². The van der Waals surface area contributed by atoms with E-state index in [-0.39, 0.29) is 13.2 Å². The number of carbonyl (C=O) groups is 2. The average molecular weight is 260 g/mol. The predicted octanol–water partition coefficient (Wildman–Crippen LogP) is 1.70. The Morgan fingerprint density at radius 3 is 2.39 bits per heavy atom. The zero-order chi connectivity index (χ0) is 14.0. The second kappa shape index (κ2) is 8.66. The third-order valence-electron chi connectivity index (χ3n) is 1.99. The lowest BCUT2D eigenvalue weighted by Crippen LogP contribution is -2.36. The molecule has 1 N–H and O–H groups in total. The SMILES string of the molecule is CCC/C=C/C(=O)OCCOC(=O)C(C)(C)OO. The Morgan fingerprint density at radius 1 is 1.22 bits per heavy atom. The fourth-order valence-corrected chi connectivity index (χ4v) is 0.882. The molecule has 0 aromatic rings. The molecule has 6 heteroatoms. The number of unbranched alkanes of at least 4 members (excludes halogenated alkanes) is 1. The molecule has 18 heavy (non-hydrogen) atoms. The van der Waals surface area contributed by atoms with Gasteiger partial charge in [-0.2, -0.15) is 0 Å².